The SMILES string of the molecule is CCN(c1cccc(Br)c1CN)C1CCCC1. The van der Waals surface area contributed by atoms with Crippen molar-refractivity contribution in [1.82, 2.24) is 0 Å². The second-order valence-electron chi connectivity index (χ2n) is 4.67. The number of benzene rings is 1. The van der Waals surface area contributed by atoms with E-state index in [-0.39, 0.29) is 0 Å². The van der Waals surface area contributed by atoms with Gasteiger partial charge in [-0.25, -0.2) is 0 Å². The summed E-state index contributed by atoms with van der Waals surface area (Å²) >= 11 is 3.61. The molecule has 94 valence electrons. The van der Waals surface area contributed by atoms with Crippen LogP contribution in [0.3, 0.4) is 0 Å². The third-order valence-electron chi connectivity index (χ3n) is 3.71. The van der Waals surface area contributed by atoms with Crippen molar-refractivity contribution in [3.63, 3.8) is 0 Å². The van der Waals surface area contributed by atoms with Gasteiger partial charge in [0, 0.05) is 34.9 Å². The first-order valence-corrected chi connectivity index (χ1v) is 7.31. The quantitative estimate of drug-likeness (QED) is 0.918. The van der Waals surface area contributed by atoms with Crippen molar-refractivity contribution in [3.05, 3.63) is 28.2 Å². The number of nitrogens with two attached hydrogens (primary N) is 1. The van der Waals surface area contributed by atoms with Crippen molar-refractivity contribution in [2.24, 2.45) is 5.73 Å². The Bertz CT molecular complexity index is 372. The molecule has 1 aromatic carbocycles. The lowest BCUT2D eigenvalue weighted by molar-refractivity contribution is 0.617. The molecule has 1 aliphatic carbocycles. The summed E-state index contributed by atoms with van der Waals surface area (Å²) in [6, 6.07) is 7.10. The van der Waals surface area contributed by atoms with E-state index >= 15 is 0 Å². The third kappa shape index (κ3) is 2.66. The number of halogens is 1. The van der Waals surface area contributed by atoms with Crippen LogP contribution in [-0.4, -0.2) is 12.6 Å². The second kappa shape index (κ2) is 5.87. The summed E-state index contributed by atoms with van der Waals surface area (Å²) in [5.41, 5.74) is 8.44. The van der Waals surface area contributed by atoms with E-state index in [1.807, 2.05) is 0 Å². The van der Waals surface area contributed by atoms with Crippen molar-refractivity contribution < 1.29 is 0 Å². The minimum Gasteiger partial charge on any atom is -0.369 e. The lowest BCUT2D eigenvalue weighted by atomic mass is 10.1. The second-order valence-corrected chi connectivity index (χ2v) is 5.52. The highest BCUT2D eigenvalue weighted by Gasteiger charge is 2.23. The minimum absolute atomic E-state index is 0.597. The first-order valence-electron chi connectivity index (χ1n) is 6.52. The number of rotatable bonds is 4. The van der Waals surface area contributed by atoms with Crippen LogP contribution in [-0.2, 0) is 6.54 Å². The summed E-state index contributed by atoms with van der Waals surface area (Å²) in [5, 5.41) is 0. The van der Waals surface area contributed by atoms with Crippen LogP contribution in [0.2, 0.25) is 0 Å². The number of hydrogen-bond donors (Lipinski definition) is 1. The van der Waals surface area contributed by atoms with Gasteiger partial charge in [0.15, 0.2) is 0 Å². The van der Waals surface area contributed by atoms with Gasteiger partial charge in [-0.15, -0.1) is 0 Å². The minimum atomic E-state index is 0.597. The highest BCUT2D eigenvalue weighted by molar-refractivity contribution is 9.10. The molecule has 17 heavy (non-hydrogen) atoms. The highest BCUT2D eigenvalue weighted by atomic mass is 79.9. The third-order valence-corrected chi connectivity index (χ3v) is 4.46. The highest BCUT2D eigenvalue weighted by Crippen LogP contribution is 2.33. The van der Waals surface area contributed by atoms with E-state index < -0.39 is 0 Å². The standard InChI is InChI=1S/C14H21BrN2/c1-2-17(11-6-3-4-7-11)14-9-5-8-13(15)12(14)10-16/h5,8-9,11H,2-4,6-7,10,16H2,1H3. The summed E-state index contributed by atoms with van der Waals surface area (Å²) in [6.07, 6.45) is 5.38. The smallest absolute Gasteiger partial charge is 0.0425 e. The molecular weight excluding hydrogens is 276 g/mol. The maximum atomic E-state index is 5.89. The molecule has 0 saturated heterocycles. The molecule has 1 fully saturated rings. The van der Waals surface area contributed by atoms with E-state index in [2.05, 4.69) is 46.0 Å². The fourth-order valence-electron chi connectivity index (χ4n) is 2.86. The molecular formula is C14H21BrN2. The van der Waals surface area contributed by atoms with E-state index in [4.69, 9.17) is 5.73 Å². The van der Waals surface area contributed by atoms with Crippen LogP contribution < -0.4 is 10.6 Å². The first kappa shape index (κ1) is 12.9. The van der Waals surface area contributed by atoms with Gasteiger partial charge in [0.2, 0.25) is 0 Å². The largest absolute Gasteiger partial charge is 0.369 e. The predicted molar refractivity (Wildman–Crippen MR) is 77.3 cm³/mol. The Morgan fingerprint density at radius 1 is 1.35 bits per heavy atom. The molecule has 3 heteroatoms. The van der Waals surface area contributed by atoms with Crippen molar-refractivity contribution in [2.75, 3.05) is 11.4 Å². The zero-order valence-electron chi connectivity index (χ0n) is 10.5. The van der Waals surface area contributed by atoms with Gasteiger partial charge in [0.25, 0.3) is 0 Å². The maximum Gasteiger partial charge on any atom is 0.0425 e. The van der Waals surface area contributed by atoms with Gasteiger partial charge in [0.05, 0.1) is 0 Å². The van der Waals surface area contributed by atoms with Gasteiger partial charge in [-0.3, -0.25) is 0 Å². The molecule has 0 heterocycles. The molecule has 2 rings (SSSR count). The van der Waals surface area contributed by atoms with Crippen molar-refractivity contribution in [2.45, 2.75) is 45.2 Å². The number of anilines is 1. The molecule has 0 bridgehead atoms. The molecule has 1 aliphatic rings. The van der Waals surface area contributed by atoms with Crippen molar-refractivity contribution in [3.8, 4) is 0 Å². The van der Waals surface area contributed by atoms with Crippen LogP contribution in [0.15, 0.2) is 22.7 Å². The van der Waals surface area contributed by atoms with E-state index in [1.165, 1.54) is 36.9 Å². The molecule has 0 unspecified atom stereocenters. The lowest BCUT2D eigenvalue weighted by Crippen LogP contribution is -2.34. The van der Waals surface area contributed by atoms with Crippen LogP contribution in [0.25, 0.3) is 0 Å². The Balaban J connectivity index is 2.32. The van der Waals surface area contributed by atoms with E-state index in [0.29, 0.717) is 12.6 Å². The molecule has 0 aliphatic heterocycles. The molecule has 2 N–H and O–H groups in total. The van der Waals surface area contributed by atoms with E-state index in [9.17, 15) is 0 Å². The van der Waals surface area contributed by atoms with Crippen LogP contribution >= 0.6 is 15.9 Å². The molecule has 0 radical (unpaired) electrons. The van der Waals surface area contributed by atoms with Crippen LogP contribution in [0, 0.1) is 0 Å². The first-order chi connectivity index (χ1) is 8.27. The van der Waals surface area contributed by atoms with Gasteiger partial charge >= 0.3 is 0 Å². The molecule has 0 spiro atoms. The summed E-state index contributed by atoms with van der Waals surface area (Å²) in [6.45, 7) is 3.90. The molecule has 0 amide bonds. The zero-order valence-corrected chi connectivity index (χ0v) is 12.0. The molecule has 0 aromatic heterocycles. The Kier molecular flexibility index (Phi) is 4.46. The lowest BCUT2D eigenvalue weighted by Gasteiger charge is -2.32. The van der Waals surface area contributed by atoms with Gasteiger partial charge in [-0.1, -0.05) is 34.8 Å². The summed E-state index contributed by atoms with van der Waals surface area (Å²) < 4.78 is 1.13. The molecule has 1 aromatic rings. The van der Waals surface area contributed by atoms with Gasteiger partial charge in [0.1, 0.15) is 0 Å². The molecule has 1 saturated carbocycles. The van der Waals surface area contributed by atoms with Crippen LogP contribution in [0.5, 0.6) is 0 Å². The van der Waals surface area contributed by atoms with Crippen molar-refractivity contribution in [1.29, 1.82) is 0 Å². The summed E-state index contributed by atoms with van der Waals surface area (Å²) in [4.78, 5) is 2.53. The Hall–Kier alpha value is -0.540. The van der Waals surface area contributed by atoms with Crippen LogP contribution in [0.1, 0.15) is 38.2 Å². The van der Waals surface area contributed by atoms with Crippen LogP contribution in [0.4, 0.5) is 5.69 Å². The fraction of sp³-hybridized carbons (Fsp3) is 0.571. The van der Waals surface area contributed by atoms with Gasteiger partial charge in [-0.2, -0.15) is 0 Å². The Labute approximate surface area is 112 Å². The number of hydrogen-bond acceptors (Lipinski definition) is 2. The van der Waals surface area contributed by atoms with Gasteiger partial charge < -0.3 is 10.6 Å². The summed E-state index contributed by atoms with van der Waals surface area (Å²) in [5.74, 6) is 0. The van der Waals surface area contributed by atoms with Gasteiger partial charge in [-0.05, 0) is 31.9 Å². The molecule has 0 atom stereocenters. The monoisotopic (exact) mass is 296 g/mol. The maximum absolute atomic E-state index is 5.89. The zero-order chi connectivity index (χ0) is 12.3. The predicted octanol–water partition coefficient (Wildman–Crippen LogP) is 3.68. The van der Waals surface area contributed by atoms with Crippen molar-refractivity contribution >= 4 is 21.6 Å². The fourth-order valence-corrected chi connectivity index (χ4v) is 3.38. The average Bonchev–Trinajstić information content (AvgIpc) is 2.84. The Morgan fingerprint density at radius 2 is 2.06 bits per heavy atom. The Morgan fingerprint density at radius 3 is 2.65 bits per heavy atom. The normalized spacial score (nSPS) is 16.4. The molecule has 2 nitrogen and oxygen atoms in total. The van der Waals surface area contributed by atoms with E-state index in [0.717, 1.165) is 11.0 Å². The van der Waals surface area contributed by atoms with E-state index in [1.54, 1.807) is 0 Å². The summed E-state index contributed by atoms with van der Waals surface area (Å²) in [7, 11) is 0. The average molecular weight is 297 g/mol. The topological polar surface area (TPSA) is 29.3 Å². The number of nitrogens with zero attached hydrogens (tertiary/aromatic N) is 1.